The molecule has 0 amide bonds. The van der Waals surface area contributed by atoms with Crippen molar-refractivity contribution < 1.29 is 0 Å². The summed E-state index contributed by atoms with van der Waals surface area (Å²) in [5, 5.41) is 0.710. The summed E-state index contributed by atoms with van der Waals surface area (Å²) in [6.07, 6.45) is 0.791. The highest BCUT2D eigenvalue weighted by molar-refractivity contribution is 9.10. The van der Waals surface area contributed by atoms with Crippen molar-refractivity contribution in [2.45, 2.75) is 6.42 Å². The van der Waals surface area contributed by atoms with E-state index in [9.17, 15) is 0 Å². The first-order valence-corrected chi connectivity index (χ1v) is 4.68. The molecule has 0 fully saturated rings. The quantitative estimate of drug-likeness (QED) is 0.701. The van der Waals surface area contributed by atoms with Gasteiger partial charge < -0.3 is 4.85 Å². The lowest BCUT2D eigenvalue weighted by molar-refractivity contribution is 1.08. The summed E-state index contributed by atoms with van der Waals surface area (Å²) in [5.41, 5.74) is 1.14. The second kappa shape index (κ2) is 4.49. The maximum absolute atomic E-state index is 6.64. The van der Waals surface area contributed by atoms with Gasteiger partial charge in [0.2, 0.25) is 6.54 Å². The number of halogens is 2. The second-order valence-electron chi connectivity index (χ2n) is 2.38. The maximum Gasteiger partial charge on any atom is 0.218 e. The van der Waals surface area contributed by atoms with Gasteiger partial charge in [0.25, 0.3) is 0 Å². The van der Waals surface area contributed by atoms with Crippen LogP contribution in [0.4, 0.5) is 0 Å². The van der Waals surface area contributed by atoms with Gasteiger partial charge >= 0.3 is 0 Å². The van der Waals surface area contributed by atoms with Gasteiger partial charge in [-0.2, -0.15) is 0 Å². The van der Waals surface area contributed by atoms with Crippen molar-refractivity contribution in [2.75, 3.05) is 6.54 Å². The van der Waals surface area contributed by atoms with E-state index in [1.807, 2.05) is 18.2 Å². The van der Waals surface area contributed by atoms with Gasteiger partial charge in [-0.25, -0.2) is 6.57 Å². The van der Waals surface area contributed by atoms with E-state index in [4.69, 9.17) is 18.2 Å². The van der Waals surface area contributed by atoms with Crippen LogP contribution in [0.3, 0.4) is 0 Å². The Morgan fingerprint density at radius 2 is 2.25 bits per heavy atom. The molecule has 0 aliphatic carbocycles. The molecule has 1 aromatic rings. The van der Waals surface area contributed by atoms with Crippen LogP contribution in [0.25, 0.3) is 4.85 Å². The van der Waals surface area contributed by atoms with Gasteiger partial charge in [-0.1, -0.05) is 17.7 Å². The summed E-state index contributed by atoms with van der Waals surface area (Å²) in [6, 6.07) is 5.73. The number of benzene rings is 1. The third-order valence-electron chi connectivity index (χ3n) is 1.50. The molecule has 0 aromatic heterocycles. The monoisotopic (exact) mass is 243 g/mol. The summed E-state index contributed by atoms with van der Waals surface area (Å²) in [7, 11) is 0. The third kappa shape index (κ3) is 2.51. The lowest BCUT2D eigenvalue weighted by Crippen LogP contribution is -1.87. The maximum atomic E-state index is 6.64. The van der Waals surface area contributed by atoms with E-state index in [-0.39, 0.29) is 0 Å². The first-order valence-electron chi connectivity index (χ1n) is 3.51. The summed E-state index contributed by atoms with van der Waals surface area (Å²) in [6.45, 7) is 7.17. The average molecular weight is 245 g/mol. The molecule has 0 heterocycles. The molecule has 0 unspecified atom stereocenters. The Kier molecular flexibility index (Phi) is 3.58. The summed E-state index contributed by atoms with van der Waals surface area (Å²) in [4.78, 5) is 3.28. The van der Waals surface area contributed by atoms with E-state index in [0.29, 0.717) is 11.6 Å². The van der Waals surface area contributed by atoms with Gasteiger partial charge in [0, 0.05) is 10.9 Å². The standard InChI is InChI=1S/C9H7BrClN/c1-12-5-4-7-2-3-9(11)8(10)6-7/h2-3,6H,4-5H2. The third-order valence-corrected chi connectivity index (χ3v) is 2.71. The summed E-state index contributed by atoms with van der Waals surface area (Å²) >= 11 is 9.14. The molecule has 0 saturated carbocycles. The zero-order valence-corrected chi connectivity index (χ0v) is 8.69. The fourth-order valence-corrected chi connectivity index (χ4v) is 1.42. The highest BCUT2D eigenvalue weighted by Gasteiger charge is 1.99. The van der Waals surface area contributed by atoms with Gasteiger partial charge in [-0.05, 0) is 33.6 Å². The molecule has 0 saturated heterocycles. The van der Waals surface area contributed by atoms with Crippen molar-refractivity contribution in [3.63, 3.8) is 0 Å². The topological polar surface area (TPSA) is 4.36 Å². The first kappa shape index (κ1) is 9.57. The molecule has 0 N–H and O–H groups in total. The Labute approximate surface area is 85.3 Å². The number of nitrogens with zero attached hydrogens (tertiary/aromatic N) is 1. The summed E-state index contributed by atoms with van der Waals surface area (Å²) < 4.78 is 0.895. The fraction of sp³-hybridized carbons (Fsp3) is 0.222. The Hall–Kier alpha value is -0.520. The van der Waals surface area contributed by atoms with Gasteiger partial charge in [-0.15, -0.1) is 0 Å². The van der Waals surface area contributed by atoms with Crippen molar-refractivity contribution in [3.05, 3.63) is 44.7 Å². The molecule has 0 atom stereocenters. The molecule has 1 nitrogen and oxygen atoms in total. The highest BCUT2D eigenvalue weighted by Crippen LogP contribution is 2.23. The number of hydrogen-bond donors (Lipinski definition) is 0. The smallest absolute Gasteiger partial charge is 0.218 e. The van der Waals surface area contributed by atoms with Gasteiger partial charge in [-0.3, -0.25) is 0 Å². The molecular weight excluding hydrogens is 237 g/mol. The SMILES string of the molecule is [C-]#[N+]CCc1ccc(Cl)c(Br)c1. The molecule has 12 heavy (non-hydrogen) atoms. The molecule has 3 heteroatoms. The minimum absolute atomic E-state index is 0.536. The molecule has 1 aromatic carbocycles. The molecule has 0 bridgehead atoms. The Morgan fingerprint density at radius 1 is 1.50 bits per heavy atom. The van der Waals surface area contributed by atoms with Crippen molar-refractivity contribution in [3.8, 4) is 0 Å². The van der Waals surface area contributed by atoms with Crippen LogP contribution in [0.2, 0.25) is 5.02 Å². The zero-order valence-electron chi connectivity index (χ0n) is 6.35. The minimum atomic E-state index is 0.536. The van der Waals surface area contributed by atoms with Gasteiger partial charge in [0.05, 0.1) is 5.02 Å². The molecule has 0 spiro atoms. The molecule has 0 radical (unpaired) electrons. The van der Waals surface area contributed by atoms with E-state index in [1.165, 1.54) is 0 Å². The van der Waals surface area contributed by atoms with Crippen LogP contribution in [-0.4, -0.2) is 6.54 Å². The molecule has 0 aliphatic heterocycles. The van der Waals surface area contributed by atoms with Crippen molar-refractivity contribution >= 4 is 27.5 Å². The van der Waals surface area contributed by atoms with E-state index >= 15 is 0 Å². The van der Waals surface area contributed by atoms with Crippen LogP contribution in [0.15, 0.2) is 22.7 Å². The van der Waals surface area contributed by atoms with Crippen molar-refractivity contribution in [2.24, 2.45) is 0 Å². The Bertz CT molecular complexity index is 317. The molecule has 62 valence electrons. The van der Waals surface area contributed by atoms with E-state index in [0.717, 1.165) is 16.5 Å². The Balaban J connectivity index is 2.77. The number of rotatable bonds is 2. The van der Waals surface area contributed by atoms with Crippen LogP contribution in [0.5, 0.6) is 0 Å². The lowest BCUT2D eigenvalue weighted by atomic mass is 10.2. The Morgan fingerprint density at radius 3 is 2.83 bits per heavy atom. The molecule has 0 aliphatic rings. The zero-order chi connectivity index (χ0) is 8.97. The fourth-order valence-electron chi connectivity index (χ4n) is 0.880. The van der Waals surface area contributed by atoms with Gasteiger partial charge in [0.1, 0.15) is 0 Å². The number of hydrogen-bond acceptors (Lipinski definition) is 0. The predicted octanol–water partition coefficient (Wildman–Crippen LogP) is 3.56. The minimum Gasteiger partial charge on any atom is -0.317 e. The van der Waals surface area contributed by atoms with Crippen LogP contribution >= 0.6 is 27.5 Å². The van der Waals surface area contributed by atoms with Crippen molar-refractivity contribution in [1.82, 2.24) is 0 Å². The largest absolute Gasteiger partial charge is 0.317 e. The average Bonchev–Trinajstić information content (AvgIpc) is 2.07. The molecule has 1 rings (SSSR count). The molecular formula is C9H7BrClN. The van der Waals surface area contributed by atoms with E-state index < -0.39 is 0 Å². The predicted molar refractivity (Wildman–Crippen MR) is 54.3 cm³/mol. The van der Waals surface area contributed by atoms with Crippen LogP contribution < -0.4 is 0 Å². The normalized spacial score (nSPS) is 9.42. The van der Waals surface area contributed by atoms with E-state index in [2.05, 4.69) is 20.8 Å². The van der Waals surface area contributed by atoms with Crippen LogP contribution in [0, 0.1) is 6.57 Å². The van der Waals surface area contributed by atoms with Gasteiger partial charge in [0.15, 0.2) is 0 Å². The second-order valence-corrected chi connectivity index (χ2v) is 3.64. The lowest BCUT2D eigenvalue weighted by Gasteiger charge is -1.98. The van der Waals surface area contributed by atoms with Crippen LogP contribution in [0.1, 0.15) is 5.56 Å². The summed E-state index contributed by atoms with van der Waals surface area (Å²) in [5.74, 6) is 0. The van der Waals surface area contributed by atoms with Crippen LogP contribution in [-0.2, 0) is 6.42 Å². The first-order chi connectivity index (χ1) is 5.74. The van der Waals surface area contributed by atoms with Crippen molar-refractivity contribution in [1.29, 1.82) is 0 Å². The van der Waals surface area contributed by atoms with E-state index in [1.54, 1.807) is 0 Å². The highest BCUT2D eigenvalue weighted by atomic mass is 79.9.